The van der Waals surface area contributed by atoms with Crippen LogP contribution in [0.3, 0.4) is 0 Å². The summed E-state index contributed by atoms with van der Waals surface area (Å²) in [5, 5.41) is 2.73. The number of nitrogens with one attached hydrogen (secondary N) is 1. The van der Waals surface area contributed by atoms with Gasteiger partial charge in [0, 0.05) is 11.0 Å². The maximum atomic E-state index is 11.3. The van der Waals surface area contributed by atoms with Gasteiger partial charge < -0.3 is 5.32 Å². The molecule has 0 aromatic heterocycles. The minimum absolute atomic E-state index is 0.0206. The smallest absolute Gasteiger partial charge is 0.224 e. The molecule has 0 fully saturated rings. The maximum Gasteiger partial charge on any atom is 0.224 e. The number of hydrogen-bond acceptors (Lipinski definition) is 1. The number of hydrogen-bond donors (Lipinski definition) is 1. The Morgan fingerprint density at radius 1 is 1.43 bits per heavy atom. The molecule has 1 rings (SSSR count). The first-order valence-corrected chi connectivity index (χ1v) is 5.13. The molecule has 0 bridgehead atoms. The summed E-state index contributed by atoms with van der Waals surface area (Å²) in [6, 6.07) is 7.71. The van der Waals surface area contributed by atoms with Gasteiger partial charge in [-0.2, -0.15) is 0 Å². The third-order valence-electron chi connectivity index (χ3n) is 1.72. The number of amides is 1. The number of halogens is 1. The summed E-state index contributed by atoms with van der Waals surface area (Å²) in [6.07, 6.45) is 2.08. The molecule has 0 atom stereocenters. The Balaban J connectivity index is 2.47. The van der Waals surface area contributed by atoms with Gasteiger partial charge in [-0.1, -0.05) is 34.1 Å². The number of carbonyl (C=O) groups is 1. The van der Waals surface area contributed by atoms with Gasteiger partial charge in [-0.3, -0.25) is 4.79 Å². The minimum atomic E-state index is 0.0206. The molecule has 0 spiro atoms. The maximum absolute atomic E-state index is 11.3. The van der Waals surface area contributed by atoms with Crippen molar-refractivity contribution >= 4 is 21.8 Å². The van der Waals surface area contributed by atoms with E-state index in [2.05, 4.69) is 27.8 Å². The van der Waals surface area contributed by atoms with Gasteiger partial charge in [-0.25, -0.2) is 0 Å². The molecule has 1 N–H and O–H groups in total. The average Bonchev–Trinajstić information content (AvgIpc) is 2.18. The first-order valence-electron chi connectivity index (χ1n) is 4.34. The van der Waals surface area contributed by atoms with Crippen LogP contribution in [0.1, 0.15) is 5.56 Å². The Labute approximate surface area is 92.1 Å². The molecule has 0 saturated carbocycles. The predicted molar refractivity (Wildman–Crippen MR) is 61.1 cm³/mol. The van der Waals surface area contributed by atoms with Crippen molar-refractivity contribution in [3.8, 4) is 0 Å². The largest absolute Gasteiger partial charge is 0.352 e. The first-order chi connectivity index (χ1) is 6.72. The van der Waals surface area contributed by atoms with Gasteiger partial charge >= 0.3 is 0 Å². The molecular formula is C11H12BrNO. The summed E-state index contributed by atoms with van der Waals surface area (Å²) in [5.41, 5.74) is 1.01. The van der Waals surface area contributed by atoms with E-state index in [9.17, 15) is 4.79 Å². The normalized spacial score (nSPS) is 9.50. The van der Waals surface area contributed by atoms with Crippen LogP contribution in [0.2, 0.25) is 0 Å². The van der Waals surface area contributed by atoms with Gasteiger partial charge in [0.25, 0.3) is 0 Å². The molecule has 3 heteroatoms. The van der Waals surface area contributed by atoms with Gasteiger partial charge in [0.2, 0.25) is 5.91 Å². The summed E-state index contributed by atoms with van der Waals surface area (Å²) in [7, 11) is 0. The van der Waals surface area contributed by atoms with E-state index in [1.807, 2.05) is 24.3 Å². The fourth-order valence-corrected chi connectivity index (χ4v) is 1.30. The molecule has 0 unspecified atom stereocenters. The molecule has 0 aliphatic carbocycles. The van der Waals surface area contributed by atoms with E-state index in [1.54, 1.807) is 6.08 Å². The van der Waals surface area contributed by atoms with Crippen LogP contribution in [0.4, 0.5) is 0 Å². The zero-order valence-electron chi connectivity index (χ0n) is 7.79. The SMILES string of the molecule is C=CCNC(=O)Cc1ccc(Br)cc1. The summed E-state index contributed by atoms with van der Waals surface area (Å²) in [6.45, 7) is 4.05. The Kier molecular flexibility index (Phi) is 4.40. The molecular weight excluding hydrogens is 242 g/mol. The lowest BCUT2D eigenvalue weighted by atomic mass is 10.1. The fraction of sp³-hybridized carbons (Fsp3) is 0.182. The van der Waals surface area contributed by atoms with Crippen LogP contribution >= 0.6 is 15.9 Å². The molecule has 1 amide bonds. The van der Waals surface area contributed by atoms with Gasteiger partial charge in [0.1, 0.15) is 0 Å². The Hall–Kier alpha value is -1.09. The highest BCUT2D eigenvalue weighted by Gasteiger charge is 2.00. The van der Waals surface area contributed by atoms with E-state index in [0.29, 0.717) is 13.0 Å². The Morgan fingerprint density at radius 2 is 2.07 bits per heavy atom. The van der Waals surface area contributed by atoms with E-state index in [-0.39, 0.29) is 5.91 Å². The van der Waals surface area contributed by atoms with E-state index in [4.69, 9.17) is 0 Å². The molecule has 0 radical (unpaired) electrons. The number of carbonyl (C=O) groups excluding carboxylic acids is 1. The van der Waals surface area contributed by atoms with Crippen molar-refractivity contribution in [3.05, 3.63) is 47.0 Å². The molecule has 1 aromatic carbocycles. The number of benzene rings is 1. The van der Waals surface area contributed by atoms with E-state index >= 15 is 0 Å². The molecule has 1 aromatic rings. The van der Waals surface area contributed by atoms with Crippen LogP contribution in [0, 0.1) is 0 Å². The second-order valence-electron chi connectivity index (χ2n) is 2.90. The average molecular weight is 254 g/mol. The van der Waals surface area contributed by atoms with E-state index < -0.39 is 0 Å². The lowest BCUT2D eigenvalue weighted by molar-refractivity contribution is -0.120. The minimum Gasteiger partial charge on any atom is -0.352 e. The Morgan fingerprint density at radius 3 is 2.64 bits per heavy atom. The van der Waals surface area contributed by atoms with Crippen LogP contribution in [-0.4, -0.2) is 12.5 Å². The zero-order chi connectivity index (χ0) is 10.4. The van der Waals surface area contributed by atoms with Crippen molar-refractivity contribution in [2.45, 2.75) is 6.42 Å². The molecule has 0 heterocycles. The highest BCUT2D eigenvalue weighted by atomic mass is 79.9. The van der Waals surface area contributed by atoms with E-state index in [1.165, 1.54) is 0 Å². The Bertz CT molecular complexity index is 319. The van der Waals surface area contributed by atoms with Crippen molar-refractivity contribution in [2.75, 3.05) is 6.54 Å². The van der Waals surface area contributed by atoms with Crippen LogP contribution < -0.4 is 5.32 Å². The van der Waals surface area contributed by atoms with Crippen LogP contribution in [-0.2, 0) is 11.2 Å². The first kappa shape index (κ1) is 11.0. The topological polar surface area (TPSA) is 29.1 Å². The van der Waals surface area contributed by atoms with Crippen molar-refractivity contribution in [1.29, 1.82) is 0 Å². The van der Waals surface area contributed by atoms with Gasteiger partial charge in [-0.15, -0.1) is 6.58 Å². The highest BCUT2D eigenvalue weighted by molar-refractivity contribution is 9.10. The van der Waals surface area contributed by atoms with Gasteiger partial charge in [0.15, 0.2) is 0 Å². The highest BCUT2D eigenvalue weighted by Crippen LogP contribution is 2.10. The molecule has 74 valence electrons. The fourth-order valence-electron chi connectivity index (χ4n) is 1.04. The van der Waals surface area contributed by atoms with Crippen molar-refractivity contribution in [2.24, 2.45) is 0 Å². The molecule has 0 saturated heterocycles. The molecule has 0 aliphatic heterocycles. The van der Waals surface area contributed by atoms with Crippen LogP contribution in [0.15, 0.2) is 41.4 Å². The monoisotopic (exact) mass is 253 g/mol. The molecule has 2 nitrogen and oxygen atoms in total. The summed E-state index contributed by atoms with van der Waals surface area (Å²) >= 11 is 3.34. The quantitative estimate of drug-likeness (QED) is 0.820. The summed E-state index contributed by atoms with van der Waals surface area (Å²) in [4.78, 5) is 11.3. The lowest BCUT2D eigenvalue weighted by Gasteiger charge is -2.02. The van der Waals surface area contributed by atoms with Gasteiger partial charge in [-0.05, 0) is 17.7 Å². The second kappa shape index (κ2) is 5.60. The van der Waals surface area contributed by atoms with Gasteiger partial charge in [0.05, 0.1) is 6.42 Å². The predicted octanol–water partition coefficient (Wildman–Crippen LogP) is 2.29. The van der Waals surface area contributed by atoms with E-state index in [0.717, 1.165) is 10.0 Å². The van der Waals surface area contributed by atoms with Crippen molar-refractivity contribution in [3.63, 3.8) is 0 Å². The summed E-state index contributed by atoms with van der Waals surface area (Å²) in [5.74, 6) is 0.0206. The molecule has 14 heavy (non-hydrogen) atoms. The number of rotatable bonds is 4. The van der Waals surface area contributed by atoms with Crippen molar-refractivity contribution in [1.82, 2.24) is 5.32 Å². The third-order valence-corrected chi connectivity index (χ3v) is 2.25. The summed E-state index contributed by atoms with van der Waals surface area (Å²) < 4.78 is 1.02. The van der Waals surface area contributed by atoms with Crippen LogP contribution in [0.5, 0.6) is 0 Å². The zero-order valence-corrected chi connectivity index (χ0v) is 9.38. The molecule has 0 aliphatic rings. The van der Waals surface area contributed by atoms with Crippen LogP contribution in [0.25, 0.3) is 0 Å². The lowest BCUT2D eigenvalue weighted by Crippen LogP contribution is -2.24. The van der Waals surface area contributed by atoms with Crippen molar-refractivity contribution < 1.29 is 4.79 Å². The third kappa shape index (κ3) is 3.75. The standard InChI is InChI=1S/C11H12BrNO/c1-2-7-13-11(14)8-9-3-5-10(12)6-4-9/h2-6H,1,7-8H2,(H,13,14). The second-order valence-corrected chi connectivity index (χ2v) is 3.81.